The van der Waals surface area contributed by atoms with Crippen molar-refractivity contribution in [2.75, 3.05) is 0 Å². The topological polar surface area (TPSA) is 77.3 Å². The second-order valence-corrected chi connectivity index (χ2v) is 2.72. The monoisotopic (exact) mass is 330 g/mol. The summed E-state index contributed by atoms with van der Waals surface area (Å²) in [4.78, 5) is 21.8. The highest BCUT2D eigenvalue weighted by Crippen LogP contribution is 1.73. The molecule has 3 heterocycles. The van der Waals surface area contributed by atoms with E-state index < -0.39 is 0 Å². The fourth-order valence-electron chi connectivity index (χ4n) is 0.771. The number of hydrogen-bond acceptors (Lipinski definition) is 6. The maximum absolute atomic E-state index is 3.78. The molecule has 0 aliphatic carbocycles. The molecule has 3 aromatic heterocycles. The van der Waals surface area contributed by atoms with Crippen LogP contribution in [0.25, 0.3) is 0 Å². The molecule has 0 aliphatic heterocycles. The van der Waals surface area contributed by atoms with Crippen LogP contribution >= 0.6 is 0 Å². The number of pyridine rings is 1. The van der Waals surface area contributed by atoms with Gasteiger partial charge in [0.15, 0.2) is 0 Å². The quantitative estimate of drug-likeness (QED) is 0.603. The maximum Gasteiger partial charge on any atom is 0.119 e. The Hall–Kier alpha value is -2.76. The minimum Gasteiger partial charge on any atom is -0.265 e. The van der Waals surface area contributed by atoms with Crippen molar-refractivity contribution in [2.24, 2.45) is 0 Å². The third-order valence-corrected chi connectivity index (χ3v) is 1.44. The van der Waals surface area contributed by atoms with E-state index in [1.54, 1.807) is 30.9 Å². The summed E-state index contributed by atoms with van der Waals surface area (Å²) in [6.45, 7) is 12.0. The zero-order valence-corrected chi connectivity index (χ0v) is 15.6. The molecular formula is C18H30N6. The fourth-order valence-corrected chi connectivity index (χ4v) is 0.771. The Labute approximate surface area is 146 Å². The molecule has 132 valence electrons. The van der Waals surface area contributed by atoms with Gasteiger partial charge in [-0.05, 0) is 18.2 Å². The third kappa shape index (κ3) is 27.6. The van der Waals surface area contributed by atoms with Crippen molar-refractivity contribution < 1.29 is 0 Å². The lowest BCUT2D eigenvalue weighted by Gasteiger charge is -1.70. The molecule has 0 bridgehead atoms. The molecule has 0 unspecified atom stereocenters. The van der Waals surface area contributed by atoms with E-state index >= 15 is 0 Å². The Morgan fingerprint density at radius 1 is 0.333 bits per heavy atom. The Bertz CT molecular complexity index is 310. The van der Waals surface area contributed by atoms with Gasteiger partial charge in [0.05, 0.1) is 0 Å². The molecule has 3 aromatic rings. The molecule has 0 fully saturated rings. The Morgan fingerprint density at radius 3 is 0.792 bits per heavy atom. The summed E-state index contributed by atoms with van der Waals surface area (Å²) in [5.74, 6) is 0. The first-order valence-corrected chi connectivity index (χ1v) is 8.10. The van der Waals surface area contributed by atoms with Crippen LogP contribution in [0.2, 0.25) is 0 Å². The third-order valence-electron chi connectivity index (χ3n) is 1.44. The van der Waals surface area contributed by atoms with E-state index in [-0.39, 0.29) is 0 Å². The molecule has 0 saturated carbocycles. The van der Waals surface area contributed by atoms with Gasteiger partial charge in [-0.2, -0.15) is 0 Å². The molecule has 0 amide bonds. The molecule has 0 saturated heterocycles. The average molecular weight is 330 g/mol. The molecule has 0 atom stereocenters. The molecule has 0 N–H and O–H groups in total. The van der Waals surface area contributed by atoms with Gasteiger partial charge in [-0.25, -0.2) is 24.9 Å². The molecule has 0 radical (unpaired) electrons. The van der Waals surface area contributed by atoms with Crippen molar-refractivity contribution in [1.82, 2.24) is 29.9 Å². The van der Waals surface area contributed by atoms with Crippen LogP contribution in [0.3, 0.4) is 0 Å². The second-order valence-electron chi connectivity index (χ2n) is 2.72. The van der Waals surface area contributed by atoms with E-state index in [2.05, 4.69) is 29.9 Å². The number of nitrogens with zero attached hydrogens (tertiary/aromatic N) is 6. The second kappa shape index (κ2) is 32.3. The molecule has 0 spiro atoms. The highest BCUT2D eigenvalue weighted by molar-refractivity contribution is 4.88. The van der Waals surface area contributed by atoms with Crippen LogP contribution in [-0.4, -0.2) is 29.9 Å². The standard InChI is InChI=1S/C5H5N.C4H4N2.C3H3N3.3C2H6/c1-2-4-6-5-3-1;1-2-5-4-6-3-1;1-4-2-6-3-5-1;3*1-2/h1-5H;1-4H;1-3H;3*1-2H3. The van der Waals surface area contributed by atoms with E-state index in [9.17, 15) is 0 Å². The minimum atomic E-state index is 1.44. The lowest BCUT2D eigenvalue weighted by molar-refractivity contribution is 1.05. The summed E-state index contributed by atoms with van der Waals surface area (Å²) in [6.07, 6.45) is 12.7. The first-order valence-electron chi connectivity index (χ1n) is 8.10. The highest BCUT2D eigenvalue weighted by atomic mass is 14.9. The van der Waals surface area contributed by atoms with Crippen LogP contribution < -0.4 is 0 Å². The van der Waals surface area contributed by atoms with Gasteiger partial charge in [-0.15, -0.1) is 0 Å². The maximum atomic E-state index is 3.78. The zero-order chi connectivity index (χ0) is 18.7. The highest BCUT2D eigenvalue weighted by Gasteiger charge is 1.60. The van der Waals surface area contributed by atoms with Gasteiger partial charge in [0.25, 0.3) is 0 Å². The molecular weight excluding hydrogens is 300 g/mol. The van der Waals surface area contributed by atoms with E-state index in [1.807, 2.05) is 59.7 Å². The van der Waals surface area contributed by atoms with E-state index in [4.69, 9.17) is 0 Å². The fraction of sp³-hybridized carbons (Fsp3) is 0.333. The van der Waals surface area contributed by atoms with Gasteiger partial charge in [-0.1, -0.05) is 47.6 Å². The van der Waals surface area contributed by atoms with Gasteiger partial charge >= 0.3 is 0 Å². The lowest BCUT2D eigenvalue weighted by atomic mass is 10.5. The molecule has 0 aliphatic rings. The molecule has 0 aromatic carbocycles. The van der Waals surface area contributed by atoms with Crippen molar-refractivity contribution in [3.05, 3.63) is 74.4 Å². The van der Waals surface area contributed by atoms with Crippen molar-refractivity contribution in [3.8, 4) is 0 Å². The van der Waals surface area contributed by atoms with Crippen molar-refractivity contribution in [3.63, 3.8) is 0 Å². The molecule has 6 heteroatoms. The van der Waals surface area contributed by atoms with Crippen LogP contribution in [0, 0.1) is 0 Å². The van der Waals surface area contributed by atoms with E-state index in [1.165, 1.54) is 25.3 Å². The van der Waals surface area contributed by atoms with E-state index in [0.717, 1.165) is 0 Å². The first-order chi connectivity index (χ1) is 12.0. The van der Waals surface area contributed by atoms with Crippen LogP contribution in [0.5, 0.6) is 0 Å². The predicted octanol–water partition coefficient (Wildman–Crippen LogP) is 4.51. The summed E-state index contributed by atoms with van der Waals surface area (Å²) < 4.78 is 0. The van der Waals surface area contributed by atoms with Crippen LogP contribution in [0.15, 0.2) is 74.4 Å². The number of hydrogen-bond donors (Lipinski definition) is 0. The first kappa shape index (κ1) is 26.2. The smallest absolute Gasteiger partial charge is 0.119 e. The predicted molar refractivity (Wildman–Crippen MR) is 100 cm³/mol. The van der Waals surface area contributed by atoms with Crippen molar-refractivity contribution in [2.45, 2.75) is 41.5 Å². The zero-order valence-electron chi connectivity index (χ0n) is 15.6. The van der Waals surface area contributed by atoms with Gasteiger partial charge in [0.2, 0.25) is 0 Å². The Kier molecular flexibility index (Phi) is 35.2. The van der Waals surface area contributed by atoms with Crippen molar-refractivity contribution in [1.29, 1.82) is 0 Å². The minimum absolute atomic E-state index is 1.44. The summed E-state index contributed by atoms with van der Waals surface area (Å²) >= 11 is 0. The van der Waals surface area contributed by atoms with Gasteiger partial charge < -0.3 is 0 Å². The van der Waals surface area contributed by atoms with Gasteiger partial charge in [0.1, 0.15) is 25.3 Å². The van der Waals surface area contributed by atoms with Gasteiger partial charge in [0, 0.05) is 24.8 Å². The lowest BCUT2D eigenvalue weighted by Crippen LogP contribution is -1.73. The molecule has 6 nitrogen and oxygen atoms in total. The number of aromatic nitrogens is 6. The van der Waals surface area contributed by atoms with Crippen LogP contribution in [0.1, 0.15) is 41.5 Å². The van der Waals surface area contributed by atoms with Gasteiger partial charge in [-0.3, -0.25) is 4.98 Å². The summed E-state index contributed by atoms with van der Waals surface area (Å²) in [5, 5.41) is 0. The van der Waals surface area contributed by atoms with Crippen LogP contribution in [-0.2, 0) is 0 Å². The number of rotatable bonds is 0. The largest absolute Gasteiger partial charge is 0.265 e. The van der Waals surface area contributed by atoms with Crippen LogP contribution in [0.4, 0.5) is 0 Å². The summed E-state index contributed by atoms with van der Waals surface area (Å²) in [7, 11) is 0. The average Bonchev–Trinajstić information content (AvgIpc) is 2.77. The summed E-state index contributed by atoms with van der Waals surface area (Å²) in [5.41, 5.74) is 0. The molecule has 24 heavy (non-hydrogen) atoms. The van der Waals surface area contributed by atoms with Crippen molar-refractivity contribution >= 4 is 0 Å². The van der Waals surface area contributed by atoms with E-state index in [0.29, 0.717) is 0 Å². The Balaban J connectivity index is -0.000000239. The summed E-state index contributed by atoms with van der Waals surface area (Å²) in [6, 6.07) is 7.49. The normalized spacial score (nSPS) is 6.75. The SMILES string of the molecule is CC.CC.CC.c1ccncc1.c1cncnc1.c1ncncn1. The molecule has 3 rings (SSSR count). The Morgan fingerprint density at radius 2 is 0.667 bits per heavy atom.